The van der Waals surface area contributed by atoms with E-state index in [0.29, 0.717) is 13.1 Å². The molecule has 3 rings (SSSR count). The summed E-state index contributed by atoms with van der Waals surface area (Å²) in [5, 5.41) is 9.01. The summed E-state index contributed by atoms with van der Waals surface area (Å²) in [6.45, 7) is 0.953. The predicted molar refractivity (Wildman–Crippen MR) is 103 cm³/mol. The van der Waals surface area contributed by atoms with Gasteiger partial charge in [-0.2, -0.15) is 17.0 Å². The monoisotopic (exact) mass is 389 g/mol. The molecular formula is C19H23N3O4S. The number of carboxylic acids is 1. The molecule has 2 heterocycles. The van der Waals surface area contributed by atoms with E-state index in [2.05, 4.69) is 0 Å². The summed E-state index contributed by atoms with van der Waals surface area (Å²) < 4.78 is 27.2. The average molecular weight is 389 g/mol. The Balaban J connectivity index is 1.74. The van der Waals surface area contributed by atoms with Crippen LogP contribution >= 0.6 is 0 Å². The molecular weight excluding hydrogens is 366 g/mol. The number of carboxylic acid groups (broad SMARTS) is 1. The minimum Gasteiger partial charge on any atom is -0.478 e. The maximum Gasteiger partial charge on any atom is 0.335 e. The zero-order chi connectivity index (χ0) is 19.6. The maximum atomic E-state index is 12.2. The lowest BCUT2D eigenvalue weighted by molar-refractivity contribution is 0.0697. The molecule has 1 aromatic carbocycles. The lowest BCUT2D eigenvalue weighted by Gasteiger charge is -2.32. The lowest BCUT2D eigenvalue weighted by Crippen LogP contribution is -2.44. The molecule has 1 aliphatic heterocycles. The Hall–Kier alpha value is -2.29. The van der Waals surface area contributed by atoms with E-state index in [1.807, 2.05) is 18.2 Å². The second kappa shape index (κ2) is 7.75. The van der Waals surface area contributed by atoms with Crippen molar-refractivity contribution in [1.29, 1.82) is 0 Å². The van der Waals surface area contributed by atoms with Crippen molar-refractivity contribution < 1.29 is 18.3 Å². The summed E-state index contributed by atoms with van der Waals surface area (Å²) >= 11 is 0. The molecule has 1 N–H and O–H groups in total. The number of rotatable bonds is 5. The van der Waals surface area contributed by atoms with Crippen molar-refractivity contribution in [1.82, 2.24) is 13.6 Å². The zero-order valence-electron chi connectivity index (χ0n) is 15.4. The van der Waals surface area contributed by atoms with E-state index in [4.69, 9.17) is 10.1 Å². The van der Waals surface area contributed by atoms with Crippen LogP contribution < -0.4 is 0 Å². The van der Waals surface area contributed by atoms with Crippen molar-refractivity contribution in [2.45, 2.75) is 18.8 Å². The van der Waals surface area contributed by atoms with Gasteiger partial charge in [-0.15, -0.1) is 0 Å². The largest absolute Gasteiger partial charge is 0.478 e. The maximum absolute atomic E-state index is 12.2. The lowest BCUT2D eigenvalue weighted by atomic mass is 9.93. The molecule has 8 heteroatoms. The van der Waals surface area contributed by atoms with Crippen molar-refractivity contribution in [3.63, 3.8) is 0 Å². The van der Waals surface area contributed by atoms with Crippen molar-refractivity contribution >= 4 is 16.2 Å². The molecule has 7 nitrogen and oxygen atoms in total. The van der Waals surface area contributed by atoms with Gasteiger partial charge < -0.3 is 5.11 Å². The van der Waals surface area contributed by atoms with Gasteiger partial charge in [-0.05, 0) is 37.1 Å². The first-order valence-electron chi connectivity index (χ1n) is 8.77. The van der Waals surface area contributed by atoms with Gasteiger partial charge in [0.05, 0.1) is 11.3 Å². The Kier molecular flexibility index (Phi) is 5.59. The summed E-state index contributed by atoms with van der Waals surface area (Å²) in [4.78, 5) is 15.7. The average Bonchev–Trinajstić information content (AvgIpc) is 2.68. The summed E-state index contributed by atoms with van der Waals surface area (Å²) in [6.07, 6.45) is 1.45. The molecule has 0 radical (unpaired) electrons. The van der Waals surface area contributed by atoms with Crippen LogP contribution in [0.2, 0.25) is 0 Å². The molecule has 2 aromatic rings. The molecule has 0 saturated carbocycles. The fourth-order valence-electron chi connectivity index (χ4n) is 3.24. The third-order valence-electron chi connectivity index (χ3n) is 4.86. The molecule has 27 heavy (non-hydrogen) atoms. The van der Waals surface area contributed by atoms with Gasteiger partial charge in [0, 0.05) is 44.4 Å². The van der Waals surface area contributed by atoms with Gasteiger partial charge in [0.1, 0.15) is 0 Å². The van der Waals surface area contributed by atoms with Gasteiger partial charge in [-0.1, -0.05) is 18.2 Å². The van der Waals surface area contributed by atoms with E-state index >= 15 is 0 Å². The van der Waals surface area contributed by atoms with Gasteiger partial charge in [0.2, 0.25) is 0 Å². The smallest absolute Gasteiger partial charge is 0.335 e. The quantitative estimate of drug-likeness (QED) is 0.848. The zero-order valence-corrected chi connectivity index (χ0v) is 16.2. The van der Waals surface area contributed by atoms with Crippen LogP contribution in [0.5, 0.6) is 0 Å². The molecule has 0 aliphatic carbocycles. The third kappa shape index (κ3) is 4.18. The molecule has 0 amide bonds. The van der Waals surface area contributed by atoms with Crippen LogP contribution in [-0.4, -0.2) is 60.3 Å². The number of carbonyl (C=O) groups is 1. The topological polar surface area (TPSA) is 90.8 Å². The van der Waals surface area contributed by atoms with Gasteiger partial charge in [0.25, 0.3) is 10.2 Å². The van der Waals surface area contributed by atoms with E-state index < -0.39 is 16.2 Å². The fraction of sp³-hybridized carbons (Fsp3) is 0.368. The Morgan fingerprint density at radius 1 is 1.11 bits per heavy atom. The number of hydrogen-bond acceptors (Lipinski definition) is 4. The molecule has 0 atom stereocenters. The number of piperidine rings is 1. The first-order valence-corrected chi connectivity index (χ1v) is 10.2. The highest BCUT2D eigenvalue weighted by atomic mass is 32.2. The number of hydrogen-bond donors (Lipinski definition) is 1. The molecule has 144 valence electrons. The number of pyridine rings is 1. The summed E-state index contributed by atoms with van der Waals surface area (Å²) in [5.41, 5.74) is 2.82. The normalized spacial score (nSPS) is 16.6. The van der Waals surface area contributed by atoms with Crippen molar-refractivity contribution in [2.75, 3.05) is 27.2 Å². The number of benzene rings is 1. The molecule has 0 unspecified atom stereocenters. The van der Waals surface area contributed by atoms with Crippen molar-refractivity contribution in [2.24, 2.45) is 0 Å². The highest BCUT2D eigenvalue weighted by Crippen LogP contribution is 2.30. The van der Waals surface area contributed by atoms with Crippen LogP contribution in [-0.2, 0) is 10.2 Å². The molecule has 1 saturated heterocycles. The van der Waals surface area contributed by atoms with E-state index in [1.54, 1.807) is 38.4 Å². The molecule has 0 bridgehead atoms. The Labute approximate surface area is 159 Å². The summed E-state index contributed by atoms with van der Waals surface area (Å²) in [5.74, 6) is -0.750. The summed E-state index contributed by atoms with van der Waals surface area (Å²) in [7, 11) is -0.282. The van der Waals surface area contributed by atoms with Crippen LogP contribution in [0.3, 0.4) is 0 Å². The second-order valence-corrected chi connectivity index (χ2v) is 8.94. The highest BCUT2D eigenvalue weighted by Gasteiger charge is 2.30. The Morgan fingerprint density at radius 3 is 2.30 bits per heavy atom. The predicted octanol–water partition coefficient (Wildman–Crippen LogP) is 2.43. The van der Waals surface area contributed by atoms with Gasteiger partial charge >= 0.3 is 5.97 Å². The fourth-order valence-corrected chi connectivity index (χ4v) is 4.37. The molecule has 1 aromatic heterocycles. The minimum atomic E-state index is -3.37. The first kappa shape index (κ1) is 19.5. The van der Waals surface area contributed by atoms with E-state index in [0.717, 1.165) is 29.8 Å². The SMILES string of the molecule is CN(C)S(=O)(=O)N1CCC(c2cccc(-c3ccc(C(=O)O)cc3)n2)CC1. The van der Waals surface area contributed by atoms with Crippen LogP contribution in [0.1, 0.15) is 34.8 Å². The van der Waals surface area contributed by atoms with Crippen LogP contribution in [0.15, 0.2) is 42.5 Å². The van der Waals surface area contributed by atoms with E-state index in [9.17, 15) is 13.2 Å². The van der Waals surface area contributed by atoms with Crippen LogP contribution in [0.4, 0.5) is 0 Å². The van der Waals surface area contributed by atoms with Crippen LogP contribution in [0.25, 0.3) is 11.3 Å². The standard InChI is InChI=1S/C19H23N3O4S/c1-21(2)27(25,26)22-12-10-15(11-13-22)18-5-3-4-17(20-18)14-6-8-16(9-7-14)19(23)24/h3-9,15H,10-13H2,1-2H3,(H,23,24). The number of nitrogens with zero attached hydrogens (tertiary/aromatic N) is 3. The van der Waals surface area contributed by atoms with Gasteiger partial charge in [0.15, 0.2) is 0 Å². The van der Waals surface area contributed by atoms with E-state index in [-0.39, 0.29) is 11.5 Å². The van der Waals surface area contributed by atoms with Crippen molar-refractivity contribution in [3.8, 4) is 11.3 Å². The number of aromatic carboxylic acids is 1. The third-order valence-corrected chi connectivity index (χ3v) is 6.80. The first-order chi connectivity index (χ1) is 12.8. The second-order valence-electron chi connectivity index (χ2n) is 6.79. The molecule has 1 fully saturated rings. The Morgan fingerprint density at radius 2 is 1.74 bits per heavy atom. The minimum absolute atomic E-state index is 0.205. The Bertz CT molecular complexity index is 918. The van der Waals surface area contributed by atoms with Crippen LogP contribution in [0, 0.1) is 0 Å². The van der Waals surface area contributed by atoms with Gasteiger partial charge in [-0.3, -0.25) is 4.98 Å². The van der Waals surface area contributed by atoms with Gasteiger partial charge in [-0.25, -0.2) is 4.79 Å². The van der Waals surface area contributed by atoms with Crippen molar-refractivity contribution in [3.05, 3.63) is 53.7 Å². The highest BCUT2D eigenvalue weighted by molar-refractivity contribution is 7.86. The molecule has 1 aliphatic rings. The number of aromatic nitrogens is 1. The summed E-state index contributed by atoms with van der Waals surface area (Å²) in [6, 6.07) is 12.4. The van der Waals surface area contributed by atoms with E-state index in [1.165, 1.54) is 8.61 Å². The molecule has 0 spiro atoms.